The molecule has 1 atom stereocenters. The van der Waals surface area contributed by atoms with Crippen LogP contribution in [0, 0.1) is 0 Å². The van der Waals surface area contributed by atoms with Gasteiger partial charge in [0.25, 0.3) is 5.91 Å². The van der Waals surface area contributed by atoms with Crippen LogP contribution in [-0.4, -0.2) is 33.9 Å². The van der Waals surface area contributed by atoms with Gasteiger partial charge in [-0.25, -0.2) is 9.97 Å². The monoisotopic (exact) mass is 283 g/mol. The molecule has 0 radical (unpaired) electrons. The minimum absolute atomic E-state index is 0.143. The quantitative estimate of drug-likeness (QED) is 0.831. The first kappa shape index (κ1) is 15.9. The summed E-state index contributed by atoms with van der Waals surface area (Å²) in [7, 11) is 1.79. The normalized spacial score (nSPS) is 12.6. The molecule has 0 aliphatic carbocycles. The van der Waals surface area contributed by atoms with Gasteiger partial charge in [-0.3, -0.25) is 4.79 Å². The number of halogens is 1. The lowest BCUT2D eigenvalue weighted by atomic mass is 10.1. The highest BCUT2D eigenvalue weighted by atomic mass is 35.5. The van der Waals surface area contributed by atoms with Crippen LogP contribution in [0.25, 0.3) is 0 Å². The second-order valence-electron chi connectivity index (χ2n) is 5.13. The smallest absolute Gasteiger partial charge is 0.274 e. The summed E-state index contributed by atoms with van der Waals surface area (Å²) in [6, 6.07) is 0.172. The number of hydrogen-bond donors (Lipinski definition) is 0. The lowest BCUT2D eigenvalue weighted by Crippen LogP contribution is -2.35. The fourth-order valence-electron chi connectivity index (χ4n) is 1.79. The van der Waals surface area contributed by atoms with Gasteiger partial charge >= 0.3 is 0 Å². The van der Waals surface area contributed by atoms with E-state index in [1.54, 1.807) is 11.9 Å². The van der Waals surface area contributed by atoms with Crippen LogP contribution in [0.15, 0.2) is 6.20 Å². The second kappa shape index (κ2) is 6.85. The van der Waals surface area contributed by atoms with Gasteiger partial charge in [0.1, 0.15) is 5.82 Å². The van der Waals surface area contributed by atoms with Crippen molar-refractivity contribution in [2.24, 2.45) is 0 Å². The molecule has 0 bridgehead atoms. The minimum atomic E-state index is -0.143. The molecule has 0 fully saturated rings. The van der Waals surface area contributed by atoms with Crippen molar-refractivity contribution in [3.05, 3.63) is 22.7 Å². The van der Waals surface area contributed by atoms with Crippen LogP contribution in [0.3, 0.4) is 0 Å². The van der Waals surface area contributed by atoms with Crippen molar-refractivity contribution >= 4 is 17.5 Å². The van der Waals surface area contributed by atoms with Gasteiger partial charge in [0.15, 0.2) is 5.69 Å². The molecule has 0 aliphatic rings. The maximum atomic E-state index is 12.4. The van der Waals surface area contributed by atoms with Crippen molar-refractivity contribution in [2.45, 2.75) is 52.5 Å². The summed E-state index contributed by atoms with van der Waals surface area (Å²) in [4.78, 5) is 22.6. The number of carbonyl (C=O) groups excluding carboxylic acids is 1. The average Bonchev–Trinajstić information content (AvgIpc) is 2.37. The summed E-state index contributed by atoms with van der Waals surface area (Å²) in [5.41, 5.74) is 0.297. The van der Waals surface area contributed by atoms with E-state index < -0.39 is 0 Å². The number of aromatic nitrogens is 2. The summed E-state index contributed by atoms with van der Waals surface area (Å²) in [5.74, 6) is 0.668. The second-order valence-corrected chi connectivity index (χ2v) is 5.54. The molecule has 0 saturated carbocycles. The van der Waals surface area contributed by atoms with Crippen molar-refractivity contribution in [3.8, 4) is 0 Å². The fraction of sp³-hybridized carbons (Fsp3) is 0.643. The molecule has 0 spiro atoms. The van der Waals surface area contributed by atoms with Crippen LogP contribution >= 0.6 is 11.6 Å². The predicted molar refractivity (Wildman–Crippen MR) is 77.6 cm³/mol. The third kappa shape index (κ3) is 3.90. The van der Waals surface area contributed by atoms with Crippen LogP contribution in [0.4, 0.5) is 0 Å². The number of nitrogens with zero attached hydrogens (tertiary/aromatic N) is 3. The highest BCUT2D eigenvalue weighted by molar-refractivity contribution is 6.33. The topological polar surface area (TPSA) is 46.1 Å². The van der Waals surface area contributed by atoms with E-state index in [-0.39, 0.29) is 17.9 Å². The van der Waals surface area contributed by atoms with E-state index in [1.165, 1.54) is 6.20 Å². The first-order valence-electron chi connectivity index (χ1n) is 6.68. The van der Waals surface area contributed by atoms with Crippen molar-refractivity contribution in [1.82, 2.24) is 14.9 Å². The molecule has 0 aliphatic heterocycles. The third-order valence-corrected chi connectivity index (χ3v) is 3.45. The molecular formula is C14H22ClN3O. The highest BCUT2D eigenvalue weighted by Crippen LogP contribution is 2.19. The van der Waals surface area contributed by atoms with E-state index >= 15 is 0 Å². The zero-order valence-electron chi connectivity index (χ0n) is 12.3. The lowest BCUT2D eigenvalue weighted by Gasteiger charge is -2.24. The molecule has 0 saturated heterocycles. The molecule has 5 heteroatoms. The lowest BCUT2D eigenvalue weighted by molar-refractivity contribution is 0.0730. The molecule has 1 rings (SSSR count). The Hall–Kier alpha value is -1.16. The van der Waals surface area contributed by atoms with Gasteiger partial charge in [-0.15, -0.1) is 0 Å². The molecule has 1 amide bonds. The summed E-state index contributed by atoms with van der Waals surface area (Å²) in [5, 5.41) is 0.310. The SMILES string of the molecule is CCCC(C)N(C)C(=O)c1nc(C(C)C)ncc1Cl. The Kier molecular flexibility index (Phi) is 5.73. The zero-order valence-corrected chi connectivity index (χ0v) is 13.0. The van der Waals surface area contributed by atoms with Gasteiger partial charge in [0.05, 0.1) is 11.2 Å². The van der Waals surface area contributed by atoms with E-state index in [4.69, 9.17) is 11.6 Å². The van der Waals surface area contributed by atoms with E-state index in [1.807, 2.05) is 20.8 Å². The van der Waals surface area contributed by atoms with Crippen molar-refractivity contribution in [2.75, 3.05) is 7.05 Å². The molecule has 0 N–H and O–H groups in total. The van der Waals surface area contributed by atoms with Crippen LogP contribution in [-0.2, 0) is 0 Å². The molecule has 106 valence electrons. The first-order valence-corrected chi connectivity index (χ1v) is 7.05. The molecule has 1 heterocycles. The van der Waals surface area contributed by atoms with E-state index in [9.17, 15) is 4.79 Å². The van der Waals surface area contributed by atoms with Crippen LogP contribution in [0.1, 0.15) is 62.8 Å². The van der Waals surface area contributed by atoms with Crippen LogP contribution < -0.4 is 0 Å². The van der Waals surface area contributed by atoms with E-state index in [2.05, 4.69) is 16.9 Å². The number of carbonyl (C=O) groups is 1. The fourth-order valence-corrected chi connectivity index (χ4v) is 1.96. The minimum Gasteiger partial charge on any atom is -0.338 e. The molecule has 4 nitrogen and oxygen atoms in total. The van der Waals surface area contributed by atoms with E-state index in [0.29, 0.717) is 16.5 Å². The Morgan fingerprint density at radius 3 is 2.58 bits per heavy atom. The van der Waals surface area contributed by atoms with Gasteiger partial charge in [-0.05, 0) is 13.3 Å². The van der Waals surface area contributed by atoms with Crippen LogP contribution in [0.2, 0.25) is 5.02 Å². The first-order chi connectivity index (χ1) is 8.88. The van der Waals surface area contributed by atoms with Gasteiger partial charge in [-0.1, -0.05) is 38.8 Å². The van der Waals surface area contributed by atoms with Gasteiger partial charge in [-0.2, -0.15) is 0 Å². The Morgan fingerprint density at radius 2 is 2.05 bits per heavy atom. The molecule has 1 aromatic heterocycles. The summed E-state index contributed by atoms with van der Waals surface area (Å²) < 4.78 is 0. The summed E-state index contributed by atoms with van der Waals surface area (Å²) >= 11 is 6.05. The van der Waals surface area contributed by atoms with Crippen molar-refractivity contribution in [1.29, 1.82) is 0 Å². The zero-order chi connectivity index (χ0) is 14.6. The van der Waals surface area contributed by atoms with Crippen LogP contribution in [0.5, 0.6) is 0 Å². The van der Waals surface area contributed by atoms with Gasteiger partial charge in [0.2, 0.25) is 0 Å². The Morgan fingerprint density at radius 1 is 1.42 bits per heavy atom. The largest absolute Gasteiger partial charge is 0.338 e. The maximum absolute atomic E-state index is 12.4. The molecule has 0 aromatic carbocycles. The number of hydrogen-bond acceptors (Lipinski definition) is 3. The Bertz CT molecular complexity index is 448. The third-order valence-electron chi connectivity index (χ3n) is 3.17. The number of amides is 1. The van der Waals surface area contributed by atoms with Crippen molar-refractivity contribution < 1.29 is 4.79 Å². The highest BCUT2D eigenvalue weighted by Gasteiger charge is 2.22. The Labute approximate surface area is 120 Å². The van der Waals surface area contributed by atoms with E-state index in [0.717, 1.165) is 12.8 Å². The Balaban J connectivity index is 3.01. The molecule has 19 heavy (non-hydrogen) atoms. The summed E-state index contributed by atoms with van der Waals surface area (Å²) in [6.45, 7) is 8.10. The summed E-state index contributed by atoms with van der Waals surface area (Å²) in [6.07, 6.45) is 3.50. The average molecular weight is 284 g/mol. The predicted octanol–water partition coefficient (Wildman–Crippen LogP) is 3.51. The standard InChI is InChI=1S/C14H22ClN3O/c1-6-7-10(4)18(5)14(19)12-11(15)8-16-13(17-12)9(2)3/h8-10H,6-7H2,1-5H3. The molecule has 1 aromatic rings. The van der Waals surface area contributed by atoms with Gasteiger partial charge < -0.3 is 4.90 Å². The van der Waals surface area contributed by atoms with Crippen molar-refractivity contribution in [3.63, 3.8) is 0 Å². The number of rotatable bonds is 5. The molecule has 1 unspecified atom stereocenters. The maximum Gasteiger partial charge on any atom is 0.274 e. The van der Waals surface area contributed by atoms with Gasteiger partial charge in [0, 0.05) is 19.0 Å². The molecular weight excluding hydrogens is 262 g/mol.